The molecule has 4 rings (SSSR count). The molecule has 2 aromatic rings. The fourth-order valence-corrected chi connectivity index (χ4v) is 4.08. The summed E-state index contributed by atoms with van der Waals surface area (Å²) in [5, 5.41) is 0. The normalized spacial score (nSPS) is 27.3. The first-order valence-corrected chi connectivity index (χ1v) is 8.85. The van der Waals surface area contributed by atoms with Crippen molar-refractivity contribution in [1.29, 1.82) is 0 Å². The molecule has 2 heterocycles. The number of nitrogens with zero attached hydrogens (tertiary/aromatic N) is 1. The van der Waals surface area contributed by atoms with Crippen molar-refractivity contribution in [3.05, 3.63) is 71.8 Å². The summed E-state index contributed by atoms with van der Waals surface area (Å²) in [4.78, 5) is 15.1. The molecule has 0 radical (unpaired) electrons. The maximum Gasteiger partial charge on any atom is 0.311 e. The Balaban J connectivity index is 1.68. The third-order valence-corrected chi connectivity index (χ3v) is 5.27. The Morgan fingerprint density at radius 2 is 1.46 bits per heavy atom. The smallest absolute Gasteiger partial charge is 0.311 e. The van der Waals surface area contributed by atoms with Gasteiger partial charge in [-0.25, -0.2) is 0 Å². The molecule has 124 valence electrons. The van der Waals surface area contributed by atoms with E-state index in [-0.39, 0.29) is 23.9 Å². The van der Waals surface area contributed by atoms with Gasteiger partial charge in [-0.2, -0.15) is 0 Å². The predicted molar refractivity (Wildman–Crippen MR) is 93.6 cm³/mol. The molecular weight excluding hydrogens is 298 g/mol. The summed E-state index contributed by atoms with van der Waals surface area (Å²) < 4.78 is 5.87. The second kappa shape index (κ2) is 6.78. The van der Waals surface area contributed by atoms with Crippen LogP contribution in [0.1, 0.15) is 36.0 Å². The van der Waals surface area contributed by atoms with Gasteiger partial charge in [-0.3, -0.25) is 4.79 Å². The molecule has 3 atom stereocenters. The Labute approximate surface area is 143 Å². The number of cyclic esters (lactones) is 1. The molecule has 0 unspecified atom stereocenters. The van der Waals surface area contributed by atoms with Crippen molar-refractivity contribution in [2.24, 2.45) is 5.92 Å². The summed E-state index contributed by atoms with van der Waals surface area (Å²) in [7, 11) is 0. The van der Waals surface area contributed by atoms with E-state index in [1.807, 2.05) is 36.4 Å². The highest BCUT2D eigenvalue weighted by Crippen LogP contribution is 2.46. The van der Waals surface area contributed by atoms with Gasteiger partial charge in [0.1, 0.15) is 6.10 Å². The monoisotopic (exact) mass is 321 g/mol. The predicted octanol–water partition coefficient (Wildman–Crippen LogP) is 3.78. The number of rotatable bonds is 4. The van der Waals surface area contributed by atoms with Crippen LogP contribution in [0.5, 0.6) is 0 Å². The SMILES string of the molecule is O=C1O[C@@H](c2ccccc2)[C@H](c2ccccc2)[C@H]1CN1CCCC1. The molecule has 2 saturated heterocycles. The van der Waals surface area contributed by atoms with Crippen LogP contribution in [0.15, 0.2) is 60.7 Å². The molecule has 0 aliphatic carbocycles. The number of hydrogen-bond donors (Lipinski definition) is 0. The molecule has 24 heavy (non-hydrogen) atoms. The lowest BCUT2D eigenvalue weighted by Gasteiger charge is -2.25. The zero-order chi connectivity index (χ0) is 16.4. The molecule has 0 bridgehead atoms. The average molecular weight is 321 g/mol. The Morgan fingerprint density at radius 1 is 0.875 bits per heavy atom. The van der Waals surface area contributed by atoms with Crippen LogP contribution >= 0.6 is 0 Å². The van der Waals surface area contributed by atoms with Gasteiger partial charge >= 0.3 is 5.97 Å². The zero-order valence-corrected chi connectivity index (χ0v) is 13.8. The maximum absolute atomic E-state index is 12.7. The van der Waals surface area contributed by atoms with Crippen molar-refractivity contribution in [1.82, 2.24) is 4.90 Å². The Bertz CT molecular complexity index is 679. The number of carbonyl (C=O) groups is 1. The number of benzene rings is 2. The molecule has 2 aliphatic rings. The van der Waals surface area contributed by atoms with Crippen molar-refractivity contribution >= 4 is 5.97 Å². The first-order chi connectivity index (χ1) is 11.8. The van der Waals surface area contributed by atoms with E-state index in [2.05, 4.69) is 29.2 Å². The van der Waals surface area contributed by atoms with Gasteiger partial charge in [-0.15, -0.1) is 0 Å². The van der Waals surface area contributed by atoms with Gasteiger partial charge in [-0.1, -0.05) is 60.7 Å². The van der Waals surface area contributed by atoms with Gasteiger partial charge < -0.3 is 9.64 Å². The first kappa shape index (κ1) is 15.4. The standard InChI is InChI=1S/C21H23NO2/c23-21-18(15-22-13-7-8-14-22)19(16-9-3-1-4-10-16)20(24-21)17-11-5-2-6-12-17/h1-6,9-12,18-20H,7-8,13-15H2/t18-,19-,20+/m1/s1. The fraction of sp³-hybridized carbons (Fsp3) is 0.381. The van der Waals surface area contributed by atoms with E-state index in [0.717, 1.165) is 25.2 Å². The van der Waals surface area contributed by atoms with E-state index in [9.17, 15) is 4.79 Å². The number of hydrogen-bond acceptors (Lipinski definition) is 3. The van der Waals surface area contributed by atoms with E-state index >= 15 is 0 Å². The minimum Gasteiger partial charge on any atom is -0.457 e. The van der Waals surface area contributed by atoms with Gasteiger partial charge in [0.25, 0.3) is 0 Å². The molecule has 3 nitrogen and oxygen atoms in total. The molecular formula is C21H23NO2. The van der Waals surface area contributed by atoms with Crippen LogP contribution in [0.2, 0.25) is 0 Å². The molecule has 0 spiro atoms. The Hall–Kier alpha value is -2.13. The second-order valence-corrected chi connectivity index (χ2v) is 6.82. The maximum atomic E-state index is 12.7. The second-order valence-electron chi connectivity index (χ2n) is 6.82. The van der Waals surface area contributed by atoms with Crippen LogP contribution in [0.4, 0.5) is 0 Å². The Morgan fingerprint density at radius 3 is 2.08 bits per heavy atom. The average Bonchev–Trinajstić information content (AvgIpc) is 3.25. The minimum absolute atomic E-state index is 0.0513. The first-order valence-electron chi connectivity index (χ1n) is 8.85. The van der Waals surface area contributed by atoms with Crippen molar-refractivity contribution < 1.29 is 9.53 Å². The van der Waals surface area contributed by atoms with E-state index in [4.69, 9.17) is 4.74 Å². The van der Waals surface area contributed by atoms with Gasteiger partial charge in [0, 0.05) is 12.5 Å². The fourth-order valence-electron chi connectivity index (χ4n) is 4.08. The summed E-state index contributed by atoms with van der Waals surface area (Å²) in [6, 6.07) is 20.5. The van der Waals surface area contributed by atoms with Crippen molar-refractivity contribution in [3.8, 4) is 0 Å². The van der Waals surface area contributed by atoms with Crippen molar-refractivity contribution in [3.63, 3.8) is 0 Å². The number of esters is 1. The van der Waals surface area contributed by atoms with Gasteiger partial charge in [0.2, 0.25) is 0 Å². The molecule has 0 N–H and O–H groups in total. The van der Waals surface area contributed by atoms with Crippen LogP contribution in [-0.2, 0) is 9.53 Å². The zero-order valence-electron chi connectivity index (χ0n) is 13.8. The molecule has 3 heteroatoms. The van der Waals surface area contributed by atoms with Crippen LogP contribution < -0.4 is 0 Å². The molecule has 2 fully saturated rings. The minimum atomic E-state index is -0.186. The van der Waals surface area contributed by atoms with Gasteiger partial charge in [0.15, 0.2) is 0 Å². The summed E-state index contributed by atoms with van der Waals surface area (Å²) in [6.07, 6.45) is 2.29. The van der Waals surface area contributed by atoms with Crippen LogP contribution in [0.25, 0.3) is 0 Å². The van der Waals surface area contributed by atoms with Crippen molar-refractivity contribution in [2.45, 2.75) is 24.9 Å². The largest absolute Gasteiger partial charge is 0.457 e. The summed E-state index contributed by atoms with van der Waals surface area (Å²) in [5.74, 6) is -0.0537. The topological polar surface area (TPSA) is 29.5 Å². The van der Waals surface area contributed by atoms with Crippen LogP contribution in [0, 0.1) is 5.92 Å². The third-order valence-electron chi connectivity index (χ3n) is 5.27. The van der Waals surface area contributed by atoms with Crippen LogP contribution in [-0.4, -0.2) is 30.5 Å². The molecule has 2 aliphatic heterocycles. The van der Waals surface area contributed by atoms with Crippen molar-refractivity contribution in [2.75, 3.05) is 19.6 Å². The molecule has 0 aromatic heterocycles. The number of ether oxygens (including phenoxy) is 1. The summed E-state index contributed by atoms with van der Waals surface area (Å²) in [5.41, 5.74) is 2.28. The van der Waals surface area contributed by atoms with E-state index < -0.39 is 0 Å². The summed E-state index contributed by atoms with van der Waals surface area (Å²) >= 11 is 0. The number of carbonyl (C=O) groups excluding carboxylic acids is 1. The molecule has 0 saturated carbocycles. The van der Waals surface area contributed by atoms with Crippen LogP contribution in [0.3, 0.4) is 0 Å². The molecule has 0 amide bonds. The quantitative estimate of drug-likeness (QED) is 0.803. The highest BCUT2D eigenvalue weighted by Gasteiger charge is 2.46. The van der Waals surface area contributed by atoms with E-state index in [0.29, 0.717) is 0 Å². The Kier molecular flexibility index (Phi) is 4.35. The highest BCUT2D eigenvalue weighted by molar-refractivity contribution is 5.77. The highest BCUT2D eigenvalue weighted by atomic mass is 16.6. The van der Waals surface area contributed by atoms with E-state index in [1.165, 1.54) is 18.4 Å². The lowest BCUT2D eigenvalue weighted by molar-refractivity contribution is -0.144. The summed E-state index contributed by atoms with van der Waals surface area (Å²) in [6.45, 7) is 3.00. The lowest BCUT2D eigenvalue weighted by Crippen LogP contribution is -2.31. The van der Waals surface area contributed by atoms with Gasteiger partial charge in [-0.05, 0) is 37.1 Å². The number of likely N-dealkylation sites (tertiary alicyclic amines) is 1. The third kappa shape index (κ3) is 2.96. The van der Waals surface area contributed by atoms with Gasteiger partial charge in [0.05, 0.1) is 5.92 Å². The lowest BCUT2D eigenvalue weighted by atomic mass is 9.81. The molecule has 2 aromatic carbocycles. The van der Waals surface area contributed by atoms with E-state index in [1.54, 1.807) is 0 Å².